The van der Waals surface area contributed by atoms with Gasteiger partial charge in [-0.05, 0) is 120 Å². The molecule has 0 aliphatic carbocycles. The summed E-state index contributed by atoms with van der Waals surface area (Å²) in [5.74, 6) is -10.5. The molecule has 2 rings (SSSR count). The lowest BCUT2D eigenvalue weighted by molar-refractivity contribution is -0.157. The predicted molar refractivity (Wildman–Crippen MR) is 363 cm³/mol. The van der Waals surface area contributed by atoms with E-state index in [2.05, 4.69) is 26.3 Å². The fraction of sp³-hybridized carbons (Fsp3) is 0.739. The molecule has 1 fully saturated rings. The van der Waals surface area contributed by atoms with Gasteiger partial charge in [-0.2, -0.15) is 0 Å². The highest BCUT2D eigenvalue weighted by Gasteiger charge is 2.46. The standard InChI is InChI=1S/C69H119N13O12/c1-26-28-30-44(13)58(83)57-62(87)73-50(27-2)65(90)76(19)48(17)64(89)81(24)56(45(14)37-75(18)38-49-31-29-32-70-36-49)61(86)74-54(42(9)10)68(93)77(20)51(33-39(3)4)60(85)71-46(15)59(84)72-47(16)63(88)78(21)52(34-40(5)6)66(91)79(22)53(35-41(7)8)67(92)80(23)55(43(11)12)69(94)82(57)25/h26,28-29,31-32,36,39-48,50-58,83H,27,30,33-35,37-38H2,1-25H3,(H,71,85)(H,72,84)(H,73,87)(H,74,86)/b28-26+/t44-,45-,46+,47-,48-,50+,51+,52+,53+,54?,55?,56+,57+,58-/m1/s1. The van der Waals surface area contributed by atoms with Crippen molar-refractivity contribution in [3.8, 4) is 0 Å². The second kappa shape index (κ2) is 37.9. The smallest absolute Gasteiger partial charge is 0.246 e. The van der Waals surface area contributed by atoms with Gasteiger partial charge in [0.25, 0.3) is 0 Å². The molecule has 0 saturated carbocycles. The zero-order valence-electron chi connectivity index (χ0n) is 61.3. The molecule has 1 aromatic rings. The average Bonchev–Trinajstić information content (AvgIpc) is 0.810. The van der Waals surface area contributed by atoms with Crippen LogP contribution in [0.2, 0.25) is 0 Å². The zero-order valence-corrected chi connectivity index (χ0v) is 61.3. The van der Waals surface area contributed by atoms with E-state index in [1.165, 1.54) is 94.6 Å². The number of carbonyl (C=O) groups is 11. The highest BCUT2D eigenvalue weighted by Crippen LogP contribution is 2.26. The number of rotatable bonds is 18. The van der Waals surface area contributed by atoms with Crippen LogP contribution in [0, 0.1) is 41.4 Å². The maximum atomic E-state index is 15.3. The molecule has 25 nitrogen and oxygen atoms in total. The van der Waals surface area contributed by atoms with Crippen molar-refractivity contribution in [2.24, 2.45) is 41.4 Å². The molecule has 1 aliphatic rings. The fourth-order valence-electron chi connectivity index (χ4n) is 12.3. The van der Waals surface area contributed by atoms with Crippen LogP contribution >= 0.6 is 0 Å². The van der Waals surface area contributed by atoms with Crippen LogP contribution in [0.25, 0.3) is 0 Å². The summed E-state index contributed by atoms with van der Waals surface area (Å²) in [6.45, 7) is 30.1. The van der Waals surface area contributed by atoms with Gasteiger partial charge in [-0.25, -0.2) is 0 Å². The Labute approximate surface area is 561 Å². The first-order valence-corrected chi connectivity index (χ1v) is 33.6. The average molecular weight is 1320 g/mol. The zero-order chi connectivity index (χ0) is 72.2. The third kappa shape index (κ3) is 22.6. The molecule has 0 aromatic carbocycles. The summed E-state index contributed by atoms with van der Waals surface area (Å²) in [4.78, 5) is 178. The molecule has 2 heterocycles. The molecule has 0 spiro atoms. The number of pyridine rings is 1. The van der Waals surface area contributed by atoms with Crippen LogP contribution in [0.5, 0.6) is 0 Å². The van der Waals surface area contributed by atoms with Crippen LogP contribution in [0.3, 0.4) is 0 Å². The van der Waals surface area contributed by atoms with Crippen molar-refractivity contribution in [1.82, 2.24) is 65.5 Å². The minimum absolute atomic E-state index is 0.00523. The van der Waals surface area contributed by atoms with Gasteiger partial charge in [-0.15, -0.1) is 0 Å². The Balaban J connectivity index is 3.07. The van der Waals surface area contributed by atoms with E-state index in [1.807, 2.05) is 65.6 Å². The molecular weight excluding hydrogens is 1200 g/mol. The first-order chi connectivity index (χ1) is 43.6. The second-order valence-electron chi connectivity index (χ2n) is 28.3. The number of aromatic nitrogens is 1. The van der Waals surface area contributed by atoms with E-state index in [1.54, 1.807) is 79.9 Å². The molecular formula is C69H119N13O12. The van der Waals surface area contributed by atoms with E-state index >= 15 is 28.8 Å². The van der Waals surface area contributed by atoms with Crippen molar-refractivity contribution in [1.29, 1.82) is 0 Å². The Morgan fingerprint density at radius 2 is 1.01 bits per heavy atom. The molecule has 94 heavy (non-hydrogen) atoms. The molecule has 25 heteroatoms. The monoisotopic (exact) mass is 1320 g/mol. The van der Waals surface area contributed by atoms with E-state index in [0.717, 1.165) is 15.4 Å². The number of hydrogen-bond donors (Lipinski definition) is 5. The molecule has 11 amide bonds. The number of hydrogen-bond acceptors (Lipinski definition) is 14. The summed E-state index contributed by atoms with van der Waals surface area (Å²) in [5.41, 5.74) is 0.889. The number of aliphatic hydroxyl groups is 1. The fourth-order valence-corrected chi connectivity index (χ4v) is 12.3. The number of amides is 11. The minimum Gasteiger partial charge on any atom is -0.390 e. The van der Waals surface area contributed by atoms with Gasteiger partial charge < -0.3 is 65.6 Å². The number of likely N-dealkylation sites (N-methyl/N-ethyl adjacent to an activating group) is 7. The number of carbonyl (C=O) groups excluding carboxylic acids is 11. The highest BCUT2D eigenvalue weighted by molar-refractivity contribution is 6.00. The summed E-state index contributed by atoms with van der Waals surface area (Å²) in [6.07, 6.45) is 6.16. The Morgan fingerprint density at radius 3 is 1.50 bits per heavy atom. The Kier molecular flexibility index (Phi) is 33.5. The minimum atomic E-state index is -1.64. The summed E-state index contributed by atoms with van der Waals surface area (Å²) in [7, 11) is 11.8. The largest absolute Gasteiger partial charge is 0.390 e. The second-order valence-corrected chi connectivity index (χ2v) is 28.3. The van der Waals surface area contributed by atoms with Gasteiger partial charge in [-0.3, -0.25) is 57.7 Å². The van der Waals surface area contributed by atoms with Gasteiger partial charge in [0.05, 0.1) is 6.10 Å². The van der Waals surface area contributed by atoms with Crippen LogP contribution in [-0.4, -0.2) is 250 Å². The van der Waals surface area contributed by atoms with E-state index < -0.39 is 161 Å². The van der Waals surface area contributed by atoms with Gasteiger partial charge in [0.2, 0.25) is 65.0 Å². The van der Waals surface area contributed by atoms with Crippen molar-refractivity contribution in [2.75, 3.05) is 62.9 Å². The van der Waals surface area contributed by atoms with Crippen molar-refractivity contribution in [2.45, 2.75) is 229 Å². The van der Waals surface area contributed by atoms with E-state index in [0.29, 0.717) is 13.0 Å². The number of allylic oxidation sites excluding steroid dienone is 2. The Hall–Kier alpha value is -7.02. The van der Waals surface area contributed by atoms with E-state index in [9.17, 15) is 29.1 Å². The van der Waals surface area contributed by atoms with Gasteiger partial charge in [-0.1, -0.05) is 108 Å². The molecule has 5 N–H and O–H groups in total. The van der Waals surface area contributed by atoms with Gasteiger partial charge in [0.15, 0.2) is 0 Å². The Bertz CT molecular complexity index is 2750. The SMILES string of the molecule is C/C=C/C[C@@H](C)[C@@H](O)[C@H]1C(=O)N[C@@H](CC)C(=O)N(C)[C@H](C)C(=O)N(C)[C@@H]([C@H](C)CN(C)Cc2cccnc2)C(=O)NC(C(C)C)C(=O)N(C)[C@@H](CC(C)C)C(=O)N[C@@H](C)C(=O)N[C@H](C)C(=O)N(C)[C@@H](CC(C)C)C(=O)N(C)[C@@H](CC(C)C)C(=O)N(C)C(C(C)C)C(=O)N1C. The predicted octanol–water partition coefficient (Wildman–Crippen LogP) is 3.77. The van der Waals surface area contributed by atoms with Gasteiger partial charge in [0.1, 0.15) is 66.5 Å². The lowest BCUT2D eigenvalue weighted by atomic mass is 9.91. The first-order valence-electron chi connectivity index (χ1n) is 33.6. The van der Waals surface area contributed by atoms with Crippen LogP contribution in [0.15, 0.2) is 36.7 Å². The summed E-state index contributed by atoms with van der Waals surface area (Å²) < 4.78 is 0. The quantitative estimate of drug-likeness (QED) is 0.131. The number of nitrogens with one attached hydrogen (secondary N) is 4. The molecule has 14 atom stereocenters. The van der Waals surface area contributed by atoms with E-state index in [-0.39, 0.29) is 50.0 Å². The van der Waals surface area contributed by atoms with Gasteiger partial charge >= 0.3 is 0 Å². The Morgan fingerprint density at radius 1 is 0.532 bits per heavy atom. The van der Waals surface area contributed by atoms with E-state index in [4.69, 9.17) is 0 Å². The summed E-state index contributed by atoms with van der Waals surface area (Å²) in [5, 5.41) is 23.4. The number of nitrogens with zero attached hydrogens (tertiary/aromatic N) is 9. The van der Waals surface area contributed by atoms with Crippen LogP contribution in [0.4, 0.5) is 0 Å². The lowest BCUT2D eigenvalue weighted by Gasteiger charge is -2.41. The molecule has 1 aliphatic heterocycles. The molecule has 1 saturated heterocycles. The first kappa shape index (κ1) is 83.1. The molecule has 2 unspecified atom stereocenters. The van der Waals surface area contributed by atoms with Crippen LogP contribution in [0.1, 0.15) is 155 Å². The van der Waals surface area contributed by atoms with Crippen LogP contribution < -0.4 is 21.3 Å². The van der Waals surface area contributed by atoms with Crippen molar-refractivity contribution >= 4 is 65.0 Å². The maximum absolute atomic E-state index is 15.3. The van der Waals surface area contributed by atoms with Crippen molar-refractivity contribution in [3.63, 3.8) is 0 Å². The maximum Gasteiger partial charge on any atom is 0.246 e. The topological polar surface area (TPSA) is 295 Å². The summed E-state index contributed by atoms with van der Waals surface area (Å²) >= 11 is 0. The third-order valence-electron chi connectivity index (χ3n) is 18.1. The lowest BCUT2D eigenvalue weighted by Crippen LogP contribution is -2.64. The van der Waals surface area contributed by atoms with Gasteiger partial charge in [0, 0.05) is 74.8 Å². The number of aliphatic hydroxyl groups excluding tert-OH is 1. The molecule has 1 aromatic heterocycles. The van der Waals surface area contributed by atoms with Crippen molar-refractivity contribution in [3.05, 3.63) is 42.2 Å². The molecule has 0 bridgehead atoms. The molecule has 532 valence electrons. The molecule has 0 radical (unpaired) electrons. The summed E-state index contributed by atoms with van der Waals surface area (Å²) in [6, 6.07) is -10.3. The third-order valence-corrected chi connectivity index (χ3v) is 18.1. The van der Waals surface area contributed by atoms with Crippen LogP contribution in [-0.2, 0) is 59.3 Å². The van der Waals surface area contributed by atoms with Crippen molar-refractivity contribution < 1.29 is 57.8 Å². The normalized spacial score (nSPS) is 26.6. The highest BCUT2D eigenvalue weighted by atomic mass is 16.3.